The number of hydrogen-bond acceptors (Lipinski definition) is 5. The fourth-order valence-corrected chi connectivity index (χ4v) is 3.87. The maximum atomic E-state index is 12.0. The van der Waals surface area contributed by atoms with Gasteiger partial charge in [-0.05, 0) is 31.8 Å². The highest BCUT2D eigenvalue weighted by atomic mass is 32.2. The number of carbonyl (C=O) groups excluding carboxylic acids is 2. The molecule has 0 radical (unpaired) electrons. The number of fused-ring (bicyclic) bond motifs is 1. The van der Waals surface area contributed by atoms with Crippen molar-refractivity contribution in [1.29, 1.82) is 0 Å². The third-order valence-corrected chi connectivity index (χ3v) is 5.37. The molecule has 0 aromatic carbocycles. The van der Waals surface area contributed by atoms with Crippen LogP contribution >= 0.6 is 11.8 Å². The lowest BCUT2D eigenvalue weighted by molar-refractivity contribution is -0.152. The van der Waals surface area contributed by atoms with Gasteiger partial charge in [-0.1, -0.05) is 38.2 Å². The molecule has 1 heterocycles. The molecule has 4 nitrogen and oxygen atoms in total. The molecule has 0 aromatic heterocycles. The minimum absolute atomic E-state index is 0.416. The van der Waals surface area contributed by atoms with Gasteiger partial charge in [-0.2, -0.15) is 0 Å². The molecule has 0 saturated carbocycles. The highest BCUT2D eigenvalue weighted by molar-refractivity contribution is 8.01. The summed E-state index contributed by atoms with van der Waals surface area (Å²) < 4.78 is 4.00. The molecule has 0 bridgehead atoms. The molecule has 2 unspecified atom stereocenters. The molecule has 1 aliphatic carbocycles. The third kappa shape index (κ3) is 2.83. The Balaban J connectivity index is 1.93. The van der Waals surface area contributed by atoms with Gasteiger partial charge in [0.05, 0.1) is 0 Å². The Hall–Kier alpha value is -1.07. The average Bonchev–Trinajstić information content (AvgIpc) is 2.71. The molecule has 2 aliphatic rings. The van der Waals surface area contributed by atoms with Gasteiger partial charge in [0.15, 0.2) is 0 Å². The van der Waals surface area contributed by atoms with E-state index < -0.39 is 22.6 Å². The Labute approximate surface area is 124 Å². The number of thioether (sulfide) groups is 1. The normalized spacial score (nSPS) is 28.1. The van der Waals surface area contributed by atoms with E-state index in [0.717, 1.165) is 31.8 Å². The zero-order valence-electron chi connectivity index (χ0n) is 12.0. The van der Waals surface area contributed by atoms with Gasteiger partial charge in [-0.15, -0.1) is 11.8 Å². The lowest BCUT2D eigenvalue weighted by Crippen LogP contribution is -2.37. The van der Waals surface area contributed by atoms with Crippen molar-refractivity contribution in [2.45, 2.75) is 25.0 Å². The molecule has 1 fully saturated rings. The number of ether oxygens (including phenoxy) is 1. The molecule has 1 aliphatic heterocycles. The molecule has 20 heavy (non-hydrogen) atoms. The summed E-state index contributed by atoms with van der Waals surface area (Å²) in [4.78, 5) is 26.1. The molecular weight excluding hydrogens is 274 g/mol. The number of nitrogens with zero attached hydrogens (tertiary/aromatic N) is 1. The molecule has 0 N–H and O–H groups in total. The second kappa shape index (κ2) is 6.59. The van der Waals surface area contributed by atoms with E-state index in [2.05, 4.69) is 18.7 Å². The zero-order chi connectivity index (χ0) is 14.6. The molecule has 0 aromatic rings. The van der Waals surface area contributed by atoms with Gasteiger partial charge in [-0.3, -0.25) is 4.79 Å². The molecule has 0 amide bonds. The number of hydrogen-bond donors (Lipinski definition) is 0. The highest BCUT2D eigenvalue weighted by Gasteiger charge is 2.56. The topological polar surface area (TPSA) is 46.6 Å². The lowest BCUT2D eigenvalue weighted by Gasteiger charge is -2.26. The molecule has 2 atom stereocenters. The van der Waals surface area contributed by atoms with E-state index in [9.17, 15) is 9.59 Å². The lowest BCUT2D eigenvalue weighted by atomic mass is 9.90. The van der Waals surface area contributed by atoms with Crippen LogP contribution in [0.2, 0.25) is 0 Å². The second-order valence-electron chi connectivity index (χ2n) is 4.95. The molecule has 1 saturated heterocycles. The Bertz CT molecular complexity index is 442. The van der Waals surface area contributed by atoms with Gasteiger partial charge in [-0.25, -0.2) is 4.79 Å². The van der Waals surface area contributed by atoms with E-state index in [1.54, 1.807) is 12.2 Å². The van der Waals surface area contributed by atoms with Crippen LogP contribution < -0.4 is 0 Å². The van der Waals surface area contributed by atoms with Gasteiger partial charge in [0.25, 0.3) is 0 Å². The maximum Gasteiger partial charge on any atom is 0.335 e. The fraction of sp³-hybridized carbons (Fsp3) is 0.600. The van der Waals surface area contributed by atoms with Crippen LogP contribution in [0.4, 0.5) is 0 Å². The largest absolute Gasteiger partial charge is 0.391 e. The second-order valence-corrected chi connectivity index (χ2v) is 6.32. The van der Waals surface area contributed by atoms with Gasteiger partial charge < -0.3 is 9.64 Å². The van der Waals surface area contributed by atoms with Crippen LogP contribution in [0.3, 0.4) is 0 Å². The summed E-state index contributed by atoms with van der Waals surface area (Å²) in [5, 5.41) is 0. The van der Waals surface area contributed by atoms with E-state index in [4.69, 9.17) is 4.74 Å². The van der Waals surface area contributed by atoms with Crippen molar-refractivity contribution in [3.8, 4) is 0 Å². The first-order chi connectivity index (χ1) is 9.64. The SMILES string of the molecule is CCN(CC)CCCSC12C=CC=CC1C(=O)OC2=O. The first kappa shape index (κ1) is 15.3. The van der Waals surface area contributed by atoms with Gasteiger partial charge in [0.1, 0.15) is 10.7 Å². The van der Waals surface area contributed by atoms with Crippen LogP contribution in [-0.2, 0) is 14.3 Å². The van der Waals surface area contributed by atoms with E-state index >= 15 is 0 Å². The van der Waals surface area contributed by atoms with Crippen molar-refractivity contribution >= 4 is 23.7 Å². The van der Waals surface area contributed by atoms with Crippen LogP contribution in [0.15, 0.2) is 24.3 Å². The molecule has 0 spiro atoms. The Morgan fingerprint density at radius 1 is 1.30 bits per heavy atom. The fourth-order valence-electron chi connectivity index (χ4n) is 2.57. The van der Waals surface area contributed by atoms with Crippen molar-refractivity contribution in [2.24, 2.45) is 5.92 Å². The number of cyclic esters (lactones) is 2. The predicted octanol–water partition coefficient (Wildman–Crippen LogP) is 2.02. The van der Waals surface area contributed by atoms with Gasteiger partial charge in [0, 0.05) is 0 Å². The van der Waals surface area contributed by atoms with E-state index in [-0.39, 0.29) is 0 Å². The van der Waals surface area contributed by atoms with Crippen LogP contribution in [0.5, 0.6) is 0 Å². The van der Waals surface area contributed by atoms with Gasteiger partial charge >= 0.3 is 11.9 Å². The quantitative estimate of drug-likeness (QED) is 0.408. The summed E-state index contributed by atoms with van der Waals surface area (Å²) in [5.74, 6) is -0.459. The predicted molar refractivity (Wildman–Crippen MR) is 80.5 cm³/mol. The standard InChI is InChI=1S/C15H21NO3S/c1-3-16(4-2)10-7-11-20-15-9-6-5-8-12(15)13(17)19-14(15)18/h5-6,8-9,12H,3-4,7,10-11H2,1-2H3. The van der Waals surface area contributed by atoms with Crippen molar-refractivity contribution in [1.82, 2.24) is 4.90 Å². The maximum absolute atomic E-state index is 12.0. The van der Waals surface area contributed by atoms with E-state index in [1.165, 1.54) is 11.8 Å². The van der Waals surface area contributed by atoms with Crippen molar-refractivity contribution in [2.75, 3.05) is 25.4 Å². The van der Waals surface area contributed by atoms with Crippen LogP contribution in [0.1, 0.15) is 20.3 Å². The van der Waals surface area contributed by atoms with Gasteiger partial charge in [0.2, 0.25) is 0 Å². The summed E-state index contributed by atoms with van der Waals surface area (Å²) in [6.07, 6.45) is 8.21. The number of rotatable bonds is 7. The minimum atomic E-state index is -0.824. The van der Waals surface area contributed by atoms with E-state index in [0.29, 0.717) is 0 Å². The summed E-state index contributed by atoms with van der Waals surface area (Å²) in [7, 11) is 0. The average molecular weight is 295 g/mol. The highest BCUT2D eigenvalue weighted by Crippen LogP contribution is 2.44. The molecule has 5 heteroatoms. The minimum Gasteiger partial charge on any atom is -0.391 e. The van der Waals surface area contributed by atoms with Crippen molar-refractivity contribution in [3.63, 3.8) is 0 Å². The summed E-state index contributed by atoms with van der Waals surface area (Å²) >= 11 is 1.53. The molecule has 2 rings (SSSR count). The number of allylic oxidation sites excluding steroid dienone is 2. The zero-order valence-corrected chi connectivity index (χ0v) is 12.8. The Kier molecular flexibility index (Phi) is 5.05. The Morgan fingerprint density at radius 3 is 2.75 bits per heavy atom. The van der Waals surface area contributed by atoms with E-state index in [1.807, 2.05) is 12.2 Å². The van der Waals surface area contributed by atoms with Crippen LogP contribution in [0, 0.1) is 5.92 Å². The van der Waals surface area contributed by atoms with Crippen LogP contribution in [-0.4, -0.2) is 47.0 Å². The molecule has 110 valence electrons. The number of carbonyl (C=O) groups is 2. The van der Waals surface area contributed by atoms with Crippen LogP contribution in [0.25, 0.3) is 0 Å². The first-order valence-corrected chi connectivity index (χ1v) is 8.11. The number of esters is 2. The summed E-state index contributed by atoms with van der Waals surface area (Å²) in [6.45, 7) is 7.39. The Morgan fingerprint density at radius 2 is 2.05 bits per heavy atom. The molecular formula is C15H21NO3S. The summed E-state index contributed by atoms with van der Waals surface area (Å²) in [6, 6.07) is 0. The smallest absolute Gasteiger partial charge is 0.335 e. The summed E-state index contributed by atoms with van der Waals surface area (Å²) in [5.41, 5.74) is 0. The van der Waals surface area contributed by atoms with Crippen molar-refractivity contribution < 1.29 is 14.3 Å². The van der Waals surface area contributed by atoms with Crippen molar-refractivity contribution in [3.05, 3.63) is 24.3 Å². The monoisotopic (exact) mass is 295 g/mol. The first-order valence-electron chi connectivity index (χ1n) is 7.12. The third-order valence-electron chi connectivity index (χ3n) is 3.84.